The van der Waals surface area contributed by atoms with Crippen LogP contribution in [0, 0.1) is 35.5 Å². The third-order valence-electron chi connectivity index (χ3n) is 5.24. The maximum absolute atomic E-state index is 9.87. The summed E-state index contributed by atoms with van der Waals surface area (Å²) in [6, 6.07) is 0. The zero-order valence-electron chi connectivity index (χ0n) is 7.76. The molecule has 1 nitrogen and oxygen atoms in total. The number of hydrogen-bond donors (Lipinski definition) is 1. The summed E-state index contributed by atoms with van der Waals surface area (Å²) >= 11 is 0. The number of fused-ring (bicyclic) bond motifs is 9. The van der Waals surface area contributed by atoms with E-state index in [1.807, 2.05) is 0 Å². The molecule has 0 aromatic heterocycles. The van der Waals surface area contributed by atoms with Crippen molar-refractivity contribution >= 4 is 0 Å². The molecule has 13 heavy (non-hydrogen) atoms. The van der Waals surface area contributed by atoms with Crippen molar-refractivity contribution in [3.63, 3.8) is 0 Å². The van der Waals surface area contributed by atoms with Gasteiger partial charge in [0.15, 0.2) is 0 Å². The van der Waals surface area contributed by atoms with Crippen molar-refractivity contribution in [3.05, 3.63) is 12.2 Å². The van der Waals surface area contributed by atoms with Crippen LogP contribution in [0.2, 0.25) is 0 Å². The van der Waals surface area contributed by atoms with Crippen LogP contribution < -0.4 is 0 Å². The maximum Gasteiger partial charge on any atom is 0.0574 e. The molecule has 4 aliphatic carbocycles. The minimum atomic E-state index is 0.0546. The third-order valence-corrected chi connectivity index (χ3v) is 5.24. The lowest BCUT2D eigenvalue weighted by Gasteiger charge is -2.34. The fourth-order valence-electron chi connectivity index (χ4n) is 4.98. The van der Waals surface area contributed by atoms with E-state index in [1.54, 1.807) is 0 Å². The van der Waals surface area contributed by atoms with Gasteiger partial charge < -0.3 is 5.11 Å². The summed E-state index contributed by atoms with van der Waals surface area (Å²) in [5.74, 6) is 5.16. The van der Waals surface area contributed by atoms with Crippen LogP contribution in [-0.4, -0.2) is 11.2 Å². The molecular weight excluding hydrogens is 160 g/mol. The van der Waals surface area contributed by atoms with Gasteiger partial charge in [-0.25, -0.2) is 0 Å². The van der Waals surface area contributed by atoms with Gasteiger partial charge in [-0.3, -0.25) is 0 Å². The molecule has 0 aromatic carbocycles. The van der Waals surface area contributed by atoms with E-state index in [4.69, 9.17) is 0 Å². The Labute approximate surface area is 78.8 Å². The Hall–Kier alpha value is -0.300. The van der Waals surface area contributed by atoms with Crippen molar-refractivity contribution < 1.29 is 5.11 Å². The molecule has 0 heterocycles. The van der Waals surface area contributed by atoms with Crippen molar-refractivity contribution in [2.45, 2.75) is 25.4 Å². The molecule has 3 fully saturated rings. The maximum atomic E-state index is 9.87. The number of aliphatic hydroxyl groups is 1. The van der Waals surface area contributed by atoms with Crippen LogP contribution in [0.15, 0.2) is 12.2 Å². The van der Waals surface area contributed by atoms with Crippen LogP contribution in [0.1, 0.15) is 19.3 Å². The molecule has 4 rings (SSSR count). The minimum Gasteiger partial charge on any atom is -0.393 e. The van der Waals surface area contributed by atoms with Crippen molar-refractivity contribution in [3.8, 4) is 0 Å². The fraction of sp³-hybridized carbons (Fsp3) is 0.833. The van der Waals surface area contributed by atoms with E-state index in [2.05, 4.69) is 12.2 Å². The summed E-state index contributed by atoms with van der Waals surface area (Å²) < 4.78 is 0. The molecule has 0 unspecified atom stereocenters. The number of aliphatic hydroxyl groups excluding tert-OH is 1. The van der Waals surface area contributed by atoms with Crippen LogP contribution in [0.25, 0.3) is 0 Å². The van der Waals surface area contributed by atoms with E-state index >= 15 is 0 Å². The van der Waals surface area contributed by atoms with Gasteiger partial charge in [-0.2, -0.15) is 0 Å². The van der Waals surface area contributed by atoms with Gasteiger partial charge in [0.2, 0.25) is 0 Å². The molecule has 4 bridgehead atoms. The number of hydrogen-bond acceptors (Lipinski definition) is 1. The predicted octanol–water partition coefficient (Wildman–Crippen LogP) is 1.83. The molecule has 7 atom stereocenters. The lowest BCUT2D eigenvalue weighted by atomic mass is 9.72. The van der Waals surface area contributed by atoms with Crippen LogP contribution in [-0.2, 0) is 0 Å². The standard InChI is InChI=1S/C12H16O/c13-10-5-8-4-9(10)12-7-2-1-6(3-7)11(8)12/h1-2,6-13H,3-5H2/t6-,7-,8-,9+,10-,11+,12+/m0/s1. The topological polar surface area (TPSA) is 20.2 Å². The van der Waals surface area contributed by atoms with E-state index in [9.17, 15) is 5.11 Å². The summed E-state index contributed by atoms with van der Waals surface area (Å²) in [6.07, 6.45) is 8.81. The summed E-state index contributed by atoms with van der Waals surface area (Å²) in [5, 5.41) is 9.87. The Morgan fingerprint density at radius 1 is 0.923 bits per heavy atom. The average Bonchev–Trinajstić information content (AvgIpc) is 2.78. The Morgan fingerprint density at radius 2 is 1.69 bits per heavy atom. The second-order valence-corrected chi connectivity index (χ2v) is 5.57. The van der Waals surface area contributed by atoms with Crippen molar-refractivity contribution in [2.75, 3.05) is 0 Å². The highest BCUT2D eigenvalue weighted by Crippen LogP contribution is 2.65. The quantitative estimate of drug-likeness (QED) is 0.441. The van der Waals surface area contributed by atoms with E-state index in [0.717, 1.165) is 36.0 Å². The van der Waals surface area contributed by atoms with Gasteiger partial charge in [0, 0.05) is 0 Å². The molecule has 0 saturated heterocycles. The SMILES string of the molecule is O[C@H]1C[C@@H]2C[C@H]1[C@@H]1[C@@H]2[C@H]2C=C[C@H]1C2. The van der Waals surface area contributed by atoms with E-state index in [1.165, 1.54) is 12.8 Å². The van der Waals surface area contributed by atoms with Crippen LogP contribution in [0.5, 0.6) is 0 Å². The fourth-order valence-corrected chi connectivity index (χ4v) is 4.98. The Kier molecular flexibility index (Phi) is 1.10. The van der Waals surface area contributed by atoms with Crippen molar-refractivity contribution in [1.82, 2.24) is 0 Å². The third kappa shape index (κ3) is 0.665. The van der Waals surface area contributed by atoms with E-state index in [-0.39, 0.29) is 6.10 Å². The van der Waals surface area contributed by atoms with Gasteiger partial charge >= 0.3 is 0 Å². The summed E-state index contributed by atoms with van der Waals surface area (Å²) in [7, 11) is 0. The largest absolute Gasteiger partial charge is 0.393 e. The zero-order chi connectivity index (χ0) is 8.58. The molecule has 0 amide bonds. The average molecular weight is 176 g/mol. The summed E-state index contributed by atoms with van der Waals surface area (Å²) in [6.45, 7) is 0. The monoisotopic (exact) mass is 176 g/mol. The highest BCUT2D eigenvalue weighted by atomic mass is 16.3. The van der Waals surface area contributed by atoms with Gasteiger partial charge in [0.05, 0.1) is 6.10 Å². The number of allylic oxidation sites excluding steroid dienone is 2. The van der Waals surface area contributed by atoms with E-state index in [0.29, 0.717) is 5.92 Å². The molecule has 1 N–H and O–H groups in total. The molecule has 0 spiro atoms. The Balaban J connectivity index is 1.79. The normalized spacial score (nSPS) is 66.4. The molecular formula is C12H16O. The molecule has 0 aliphatic heterocycles. The molecule has 0 radical (unpaired) electrons. The van der Waals surface area contributed by atoms with E-state index < -0.39 is 0 Å². The second-order valence-electron chi connectivity index (χ2n) is 5.57. The molecule has 0 aromatic rings. The van der Waals surface area contributed by atoms with Gasteiger partial charge in [0.1, 0.15) is 0 Å². The number of rotatable bonds is 0. The Bertz CT molecular complexity index is 283. The molecule has 3 saturated carbocycles. The highest BCUT2D eigenvalue weighted by molar-refractivity contribution is 5.20. The first-order valence-electron chi connectivity index (χ1n) is 5.71. The molecule has 1 heteroatoms. The summed E-state index contributed by atoms with van der Waals surface area (Å²) in [5.41, 5.74) is 0. The second kappa shape index (κ2) is 2.03. The van der Waals surface area contributed by atoms with Crippen LogP contribution >= 0.6 is 0 Å². The predicted molar refractivity (Wildman–Crippen MR) is 49.9 cm³/mol. The first kappa shape index (κ1) is 7.05. The minimum absolute atomic E-state index is 0.0546. The van der Waals surface area contributed by atoms with Gasteiger partial charge in [-0.15, -0.1) is 0 Å². The molecule has 70 valence electrons. The smallest absolute Gasteiger partial charge is 0.0574 e. The van der Waals surface area contributed by atoms with Gasteiger partial charge in [0.25, 0.3) is 0 Å². The first-order chi connectivity index (χ1) is 6.34. The Morgan fingerprint density at radius 3 is 2.54 bits per heavy atom. The molecule has 4 aliphatic rings. The summed E-state index contributed by atoms with van der Waals surface area (Å²) in [4.78, 5) is 0. The van der Waals surface area contributed by atoms with Crippen LogP contribution in [0.4, 0.5) is 0 Å². The van der Waals surface area contributed by atoms with Crippen molar-refractivity contribution in [2.24, 2.45) is 35.5 Å². The lowest BCUT2D eigenvalue weighted by Crippen LogP contribution is -2.33. The lowest BCUT2D eigenvalue weighted by molar-refractivity contribution is 0.0484. The van der Waals surface area contributed by atoms with Crippen LogP contribution in [0.3, 0.4) is 0 Å². The van der Waals surface area contributed by atoms with Crippen molar-refractivity contribution in [1.29, 1.82) is 0 Å². The first-order valence-corrected chi connectivity index (χ1v) is 5.71. The highest BCUT2D eigenvalue weighted by Gasteiger charge is 2.60. The van der Waals surface area contributed by atoms with Gasteiger partial charge in [-0.05, 0) is 54.8 Å². The zero-order valence-corrected chi connectivity index (χ0v) is 7.76. The van der Waals surface area contributed by atoms with Gasteiger partial charge in [-0.1, -0.05) is 12.2 Å².